The predicted molar refractivity (Wildman–Crippen MR) is 277 cm³/mol. The highest BCUT2D eigenvalue weighted by Gasteiger charge is 2.50. The largest absolute Gasteiger partial charge is 0.405 e. The van der Waals surface area contributed by atoms with E-state index >= 15 is 0 Å². The highest BCUT2D eigenvalue weighted by atomic mass is 28.4. The lowest BCUT2D eigenvalue weighted by molar-refractivity contribution is -0.0399. The minimum absolute atomic E-state index is 0.0630. The summed E-state index contributed by atoms with van der Waals surface area (Å²) in [6.07, 6.45) is 0. The molecule has 5 aromatic carbocycles. The van der Waals surface area contributed by atoms with E-state index in [2.05, 4.69) is 118 Å². The van der Waals surface area contributed by atoms with Crippen molar-refractivity contribution in [1.82, 2.24) is 0 Å². The SMILES string of the molecule is CC(C)(C)[Si](OCCOCCOCCOCCOCCOCCOCCOCCOCCOCCOCCOC(c1ccccc1)(c1ccccc1)c1ccccc1)(c1ccccc1)c1ccccc1. The van der Waals surface area contributed by atoms with Gasteiger partial charge in [-0.2, -0.15) is 0 Å². The summed E-state index contributed by atoms with van der Waals surface area (Å²) in [6, 6.07) is 52.3. The Morgan fingerprint density at radius 2 is 0.486 bits per heavy atom. The van der Waals surface area contributed by atoms with E-state index in [1.54, 1.807) is 0 Å². The minimum atomic E-state index is -2.55. The average molecular weight is 983 g/mol. The maximum absolute atomic E-state index is 6.87. The Labute approximate surface area is 418 Å². The van der Waals surface area contributed by atoms with Crippen molar-refractivity contribution in [3.8, 4) is 0 Å². The van der Waals surface area contributed by atoms with Gasteiger partial charge in [0.2, 0.25) is 0 Å². The molecular weight excluding hydrogens is 905 g/mol. The van der Waals surface area contributed by atoms with Crippen LogP contribution in [0, 0.1) is 0 Å². The van der Waals surface area contributed by atoms with E-state index in [1.807, 2.05) is 54.6 Å². The van der Waals surface area contributed by atoms with Gasteiger partial charge in [0.15, 0.2) is 0 Å². The van der Waals surface area contributed by atoms with E-state index in [0.717, 1.165) is 16.7 Å². The number of hydrogen-bond donors (Lipinski definition) is 0. The van der Waals surface area contributed by atoms with E-state index in [1.165, 1.54) is 10.4 Å². The summed E-state index contributed by atoms with van der Waals surface area (Å²) in [5.74, 6) is 0. The van der Waals surface area contributed by atoms with Gasteiger partial charge in [-0.05, 0) is 32.1 Å². The zero-order valence-electron chi connectivity index (χ0n) is 41.9. The summed E-state index contributed by atoms with van der Waals surface area (Å²) in [6.45, 7) is 17.6. The molecule has 70 heavy (non-hydrogen) atoms. The predicted octanol–water partition coefficient (Wildman–Crippen LogP) is 7.74. The molecule has 0 aliphatic heterocycles. The van der Waals surface area contributed by atoms with Crippen LogP contribution in [0.5, 0.6) is 0 Å². The summed E-state index contributed by atoms with van der Waals surface area (Å²) >= 11 is 0. The van der Waals surface area contributed by atoms with Crippen LogP contribution in [-0.2, 0) is 62.1 Å². The normalized spacial score (nSPS) is 12.2. The van der Waals surface area contributed by atoms with Gasteiger partial charge < -0.3 is 56.5 Å². The van der Waals surface area contributed by atoms with Crippen LogP contribution in [0.25, 0.3) is 0 Å². The third-order valence-electron chi connectivity index (χ3n) is 11.4. The molecule has 5 rings (SSSR count). The summed E-state index contributed by atoms with van der Waals surface area (Å²) < 4.78 is 70.3. The van der Waals surface area contributed by atoms with Crippen LogP contribution >= 0.6 is 0 Å². The summed E-state index contributed by atoms with van der Waals surface area (Å²) in [5.41, 5.74) is 2.44. The van der Waals surface area contributed by atoms with Gasteiger partial charge in [0.05, 0.1) is 145 Å². The molecule has 0 spiro atoms. The van der Waals surface area contributed by atoms with Gasteiger partial charge in [-0.1, -0.05) is 172 Å². The molecule has 0 N–H and O–H groups in total. The van der Waals surface area contributed by atoms with Crippen LogP contribution in [0.2, 0.25) is 5.04 Å². The summed E-state index contributed by atoms with van der Waals surface area (Å²) in [7, 11) is -2.55. The van der Waals surface area contributed by atoms with Crippen LogP contribution in [-0.4, -0.2) is 154 Å². The second-order valence-electron chi connectivity index (χ2n) is 17.3. The Morgan fingerprint density at radius 3 is 0.729 bits per heavy atom. The molecule has 382 valence electrons. The quantitative estimate of drug-likeness (QED) is 0.0218. The van der Waals surface area contributed by atoms with Crippen molar-refractivity contribution in [2.45, 2.75) is 31.4 Å². The van der Waals surface area contributed by atoms with Gasteiger partial charge >= 0.3 is 0 Å². The molecule has 0 aromatic heterocycles. The summed E-state index contributed by atoms with van der Waals surface area (Å²) in [4.78, 5) is 0. The first-order valence-electron chi connectivity index (χ1n) is 24.8. The third-order valence-corrected chi connectivity index (χ3v) is 16.4. The average Bonchev–Trinajstić information content (AvgIpc) is 3.39. The number of benzene rings is 5. The van der Waals surface area contributed by atoms with Crippen molar-refractivity contribution in [2.75, 3.05) is 145 Å². The number of hydrogen-bond acceptors (Lipinski definition) is 12. The maximum Gasteiger partial charge on any atom is 0.261 e. The maximum atomic E-state index is 6.87. The van der Waals surface area contributed by atoms with Gasteiger partial charge in [-0.15, -0.1) is 0 Å². The molecule has 0 heterocycles. The van der Waals surface area contributed by atoms with Crippen molar-refractivity contribution < 1.29 is 56.5 Å². The number of ether oxygens (including phenoxy) is 11. The molecular formula is C57H78O12Si. The fourth-order valence-corrected chi connectivity index (χ4v) is 12.7. The molecule has 0 aliphatic rings. The molecule has 0 amide bonds. The van der Waals surface area contributed by atoms with E-state index in [4.69, 9.17) is 56.5 Å². The minimum Gasteiger partial charge on any atom is -0.405 e. The highest BCUT2D eigenvalue weighted by molar-refractivity contribution is 6.99. The van der Waals surface area contributed by atoms with Crippen LogP contribution in [0.1, 0.15) is 37.5 Å². The van der Waals surface area contributed by atoms with E-state index in [-0.39, 0.29) is 5.04 Å². The fourth-order valence-electron chi connectivity index (χ4n) is 8.12. The molecule has 0 atom stereocenters. The van der Waals surface area contributed by atoms with Crippen molar-refractivity contribution in [2.24, 2.45) is 0 Å². The monoisotopic (exact) mass is 983 g/mol. The molecule has 5 aromatic rings. The lowest BCUT2D eigenvalue weighted by Gasteiger charge is -2.43. The molecule has 0 radical (unpaired) electrons. The smallest absolute Gasteiger partial charge is 0.261 e. The van der Waals surface area contributed by atoms with Gasteiger partial charge in [0.1, 0.15) is 5.60 Å². The van der Waals surface area contributed by atoms with Gasteiger partial charge in [-0.25, -0.2) is 0 Å². The van der Waals surface area contributed by atoms with Gasteiger partial charge in [0, 0.05) is 0 Å². The molecule has 0 fully saturated rings. The fraction of sp³-hybridized carbons (Fsp3) is 0.474. The van der Waals surface area contributed by atoms with E-state index in [0.29, 0.717) is 145 Å². The lowest BCUT2D eigenvalue weighted by atomic mass is 9.80. The Balaban J connectivity index is 0.745. The molecule has 0 saturated heterocycles. The molecule has 0 unspecified atom stereocenters. The summed E-state index contributed by atoms with van der Waals surface area (Å²) in [5, 5.41) is 2.47. The molecule has 0 aliphatic carbocycles. The first-order valence-corrected chi connectivity index (χ1v) is 26.7. The first kappa shape index (κ1) is 56.7. The Kier molecular flexibility index (Phi) is 27.8. The Morgan fingerprint density at radius 1 is 0.271 bits per heavy atom. The van der Waals surface area contributed by atoms with Crippen LogP contribution in [0.15, 0.2) is 152 Å². The van der Waals surface area contributed by atoms with Crippen molar-refractivity contribution in [3.63, 3.8) is 0 Å². The van der Waals surface area contributed by atoms with E-state index in [9.17, 15) is 0 Å². The lowest BCUT2D eigenvalue weighted by Crippen LogP contribution is -2.66. The zero-order chi connectivity index (χ0) is 49.1. The molecule has 13 heteroatoms. The third kappa shape index (κ3) is 19.5. The first-order chi connectivity index (χ1) is 34.5. The standard InChI is InChI=1S/C57H78O12Si/c1-56(2,3)70(54-25-15-7-16-26-54,55-27-17-8-18-28-55)69-50-48-67-46-44-65-42-40-63-38-36-61-34-32-59-30-29-58-31-33-60-35-37-62-39-41-64-43-45-66-47-49-68-57(51-19-9-4-10-20-51,52-21-11-5-12-22-52)53-23-13-6-14-24-53/h4-28H,29-50H2,1-3H3. The topological polar surface area (TPSA) is 111 Å². The number of rotatable bonds is 40. The van der Waals surface area contributed by atoms with Crippen molar-refractivity contribution in [3.05, 3.63) is 168 Å². The van der Waals surface area contributed by atoms with Crippen molar-refractivity contribution in [1.29, 1.82) is 0 Å². The second kappa shape index (κ2) is 34.2. The Hall–Kier alpha value is -4.16. The van der Waals surface area contributed by atoms with E-state index < -0.39 is 13.9 Å². The molecule has 0 saturated carbocycles. The van der Waals surface area contributed by atoms with Crippen molar-refractivity contribution >= 4 is 18.7 Å². The molecule has 0 bridgehead atoms. The van der Waals surface area contributed by atoms with Gasteiger partial charge in [-0.3, -0.25) is 0 Å². The molecule has 12 nitrogen and oxygen atoms in total. The van der Waals surface area contributed by atoms with Gasteiger partial charge in [0.25, 0.3) is 8.32 Å². The highest BCUT2D eigenvalue weighted by Crippen LogP contribution is 2.40. The van der Waals surface area contributed by atoms with Crippen LogP contribution < -0.4 is 10.4 Å². The Bertz CT molecular complexity index is 1860. The van der Waals surface area contributed by atoms with Crippen LogP contribution in [0.3, 0.4) is 0 Å². The second-order valence-corrected chi connectivity index (χ2v) is 21.6. The zero-order valence-corrected chi connectivity index (χ0v) is 42.9. The van der Waals surface area contributed by atoms with Crippen LogP contribution in [0.4, 0.5) is 0 Å².